The minimum atomic E-state index is -0.551. The number of hydrogen-bond acceptors (Lipinski definition) is 4. The van der Waals surface area contributed by atoms with E-state index in [2.05, 4.69) is 15.3 Å². The molecule has 0 radical (unpaired) electrons. The van der Waals surface area contributed by atoms with Gasteiger partial charge in [-0.2, -0.15) is 0 Å². The molecule has 2 aromatic heterocycles. The quantitative estimate of drug-likeness (QED) is 0.553. The van der Waals surface area contributed by atoms with E-state index in [0.717, 1.165) is 0 Å². The van der Waals surface area contributed by atoms with E-state index < -0.39 is 5.91 Å². The molecule has 0 aliphatic heterocycles. The molecule has 0 fully saturated rings. The van der Waals surface area contributed by atoms with Gasteiger partial charge in [-0.25, -0.2) is 4.98 Å². The van der Waals surface area contributed by atoms with Gasteiger partial charge in [-0.15, -0.1) is 11.3 Å². The molecule has 0 unspecified atom stereocenters. The third-order valence-electron chi connectivity index (χ3n) is 3.37. The zero-order valence-electron chi connectivity index (χ0n) is 13.1. The molecule has 0 saturated carbocycles. The lowest BCUT2D eigenvalue weighted by Gasteiger charge is -2.00. The maximum Gasteiger partial charge on any atom is 0.265 e. The number of aromatic nitrogens is 2. The maximum atomic E-state index is 12.0. The molecule has 1 aromatic carbocycles. The van der Waals surface area contributed by atoms with E-state index in [1.807, 2.05) is 0 Å². The van der Waals surface area contributed by atoms with E-state index in [-0.39, 0.29) is 5.91 Å². The Morgan fingerprint density at radius 2 is 2.12 bits per heavy atom. The second-order valence-electron chi connectivity index (χ2n) is 5.17. The highest BCUT2D eigenvalue weighted by atomic mass is 35.5. The fraction of sp³-hybridized carbons (Fsp3) is 0. The Balaban J connectivity index is 1.68. The first kappa shape index (κ1) is 18.2. The molecular formula is C17H12Cl2N4O2S. The van der Waals surface area contributed by atoms with Crippen LogP contribution in [0, 0.1) is 0 Å². The summed E-state index contributed by atoms with van der Waals surface area (Å²) in [7, 11) is 0. The number of halogens is 2. The molecule has 132 valence electrons. The van der Waals surface area contributed by atoms with Crippen LogP contribution in [0.25, 0.3) is 17.3 Å². The van der Waals surface area contributed by atoms with Crippen molar-refractivity contribution in [2.75, 3.05) is 5.32 Å². The van der Waals surface area contributed by atoms with Crippen LogP contribution in [0.3, 0.4) is 0 Å². The number of anilines is 1. The Morgan fingerprint density at radius 1 is 1.31 bits per heavy atom. The summed E-state index contributed by atoms with van der Waals surface area (Å²) in [6.07, 6.45) is 4.55. The molecule has 3 rings (SSSR count). The van der Waals surface area contributed by atoms with Crippen molar-refractivity contribution in [3.63, 3.8) is 0 Å². The van der Waals surface area contributed by atoms with Gasteiger partial charge in [0.2, 0.25) is 5.91 Å². The molecule has 9 heteroatoms. The highest BCUT2D eigenvalue weighted by Gasteiger charge is 2.10. The summed E-state index contributed by atoms with van der Waals surface area (Å²) in [6.45, 7) is 0. The molecule has 0 spiro atoms. The van der Waals surface area contributed by atoms with E-state index in [0.29, 0.717) is 37.7 Å². The van der Waals surface area contributed by atoms with E-state index in [1.54, 1.807) is 41.9 Å². The van der Waals surface area contributed by atoms with Crippen LogP contribution in [-0.4, -0.2) is 21.8 Å². The van der Waals surface area contributed by atoms with Crippen LogP contribution in [0.1, 0.15) is 16.1 Å². The van der Waals surface area contributed by atoms with Crippen molar-refractivity contribution in [1.29, 1.82) is 0 Å². The first-order valence-corrected chi connectivity index (χ1v) is 8.95. The molecule has 4 N–H and O–H groups in total. The summed E-state index contributed by atoms with van der Waals surface area (Å²) < 4.78 is 0. The van der Waals surface area contributed by atoms with Crippen molar-refractivity contribution >= 4 is 57.6 Å². The largest absolute Gasteiger partial charge is 0.364 e. The van der Waals surface area contributed by atoms with Gasteiger partial charge in [0.15, 0.2) is 5.13 Å². The molecule has 3 aromatic rings. The lowest BCUT2D eigenvalue weighted by Crippen LogP contribution is -2.10. The molecule has 2 amide bonds. The molecule has 26 heavy (non-hydrogen) atoms. The van der Waals surface area contributed by atoms with Crippen molar-refractivity contribution in [2.24, 2.45) is 5.73 Å². The van der Waals surface area contributed by atoms with Gasteiger partial charge >= 0.3 is 0 Å². The average Bonchev–Trinajstić information content (AvgIpc) is 3.25. The number of carbonyl (C=O) groups is 2. The number of carbonyl (C=O) groups excluding carboxylic acids is 2. The van der Waals surface area contributed by atoms with Crippen molar-refractivity contribution in [3.8, 4) is 11.3 Å². The molecule has 0 bridgehead atoms. The smallest absolute Gasteiger partial charge is 0.265 e. The summed E-state index contributed by atoms with van der Waals surface area (Å²) in [5.41, 5.74) is 7.46. The Hall–Kier alpha value is -2.61. The predicted molar refractivity (Wildman–Crippen MR) is 105 cm³/mol. The number of thiazole rings is 1. The van der Waals surface area contributed by atoms with Gasteiger partial charge in [-0.05, 0) is 23.8 Å². The van der Waals surface area contributed by atoms with Gasteiger partial charge in [0.05, 0.1) is 15.7 Å². The standard InChI is InChI=1S/C17H12Cl2N4O2S/c18-11-3-1-2-9(15(11)19)4-5-14(24)23-17-22-13(8-26-17)10-6-12(16(20)25)21-7-10/h1-8,21H,(H2,20,25)(H,22,23,24)/b5-4+. The van der Waals surface area contributed by atoms with Crippen molar-refractivity contribution < 1.29 is 9.59 Å². The Kier molecular flexibility index (Phi) is 5.41. The molecular weight excluding hydrogens is 395 g/mol. The lowest BCUT2D eigenvalue weighted by molar-refractivity contribution is -0.111. The summed E-state index contributed by atoms with van der Waals surface area (Å²) in [6, 6.07) is 6.77. The minimum absolute atomic E-state index is 0.292. The Morgan fingerprint density at radius 3 is 2.85 bits per heavy atom. The van der Waals surface area contributed by atoms with Crippen molar-refractivity contribution in [1.82, 2.24) is 9.97 Å². The average molecular weight is 407 g/mol. The summed E-state index contributed by atoms with van der Waals surface area (Å²) >= 11 is 13.3. The number of nitrogens with two attached hydrogens (primary N) is 1. The maximum absolute atomic E-state index is 12.0. The normalized spacial score (nSPS) is 11.0. The van der Waals surface area contributed by atoms with Crippen LogP contribution in [0.4, 0.5) is 5.13 Å². The fourth-order valence-electron chi connectivity index (χ4n) is 2.11. The summed E-state index contributed by atoms with van der Waals surface area (Å²) in [4.78, 5) is 30.3. The van der Waals surface area contributed by atoms with Crippen molar-refractivity contribution in [3.05, 3.63) is 63.2 Å². The number of benzene rings is 1. The number of hydrogen-bond donors (Lipinski definition) is 3. The first-order valence-electron chi connectivity index (χ1n) is 7.31. The van der Waals surface area contributed by atoms with Crippen LogP contribution in [-0.2, 0) is 4.79 Å². The van der Waals surface area contributed by atoms with Crippen molar-refractivity contribution in [2.45, 2.75) is 0 Å². The zero-order chi connectivity index (χ0) is 18.7. The topological polar surface area (TPSA) is 101 Å². The third-order valence-corrected chi connectivity index (χ3v) is 4.97. The van der Waals surface area contributed by atoms with Crippen LogP contribution >= 0.6 is 34.5 Å². The van der Waals surface area contributed by atoms with Gasteiger partial charge in [0.25, 0.3) is 5.91 Å². The van der Waals surface area contributed by atoms with Crippen LogP contribution in [0.2, 0.25) is 10.0 Å². The molecule has 0 aliphatic carbocycles. The van der Waals surface area contributed by atoms with Crippen LogP contribution < -0.4 is 11.1 Å². The highest BCUT2D eigenvalue weighted by molar-refractivity contribution is 7.14. The number of nitrogens with one attached hydrogen (secondary N) is 2. The van der Waals surface area contributed by atoms with Gasteiger partial charge in [0.1, 0.15) is 5.69 Å². The van der Waals surface area contributed by atoms with E-state index in [9.17, 15) is 9.59 Å². The molecule has 6 nitrogen and oxygen atoms in total. The predicted octanol–water partition coefficient (Wildman–Crippen LogP) is 4.20. The fourth-order valence-corrected chi connectivity index (χ4v) is 3.20. The lowest BCUT2D eigenvalue weighted by atomic mass is 10.2. The number of rotatable bonds is 5. The number of aromatic amines is 1. The van der Waals surface area contributed by atoms with Gasteiger partial charge < -0.3 is 10.7 Å². The number of amides is 2. The summed E-state index contributed by atoms with van der Waals surface area (Å²) in [5.74, 6) is -0.904. The number of H-pyrrole nitrogens is 1. The van der Waals surface area contributed by atoms with Crippen LogP contribution in [0.5, 0.6) is 0 Å². The molecule has 2 heterocycles. The molecule has 0 atom stereocenters. The van der Waals surface area contributed by atoms with Gasteiger partial charge in [-0.3, -0.25) is 14.9 Å². The number of primary amides is 1. The SMILES string of the molecule is NC(=O)c1cc(-c2csc(NC(=O)/C=C/c3cccc(Cl)c3Cl)n2)c[nH]1. The second-order valence-corrected chi connectivity index (χ2v) is 6.81. The first-order chi connectivity index (χ1) is 12.4. The van der Waals surface area contributed by atoms with E-state index >= 15 is 0 Å². The summed E-state index contributed by atoms with van der Waals surface area (Å²) in [5, 5.41) is 5.66. The van der Waals surface area contributed by atoms with Crippen LogP contribution in [0.15, 0.2) is 41.9 Å². The Labute approximate surface area is 162 Å². The monoisotopic (exact) mass is 406 g/mol. The molecule has 0 aliphatic rings. The van der Waals surface area contributed by atoms with Gasteiger partial charge in [-0.1, -0.05) is 35.3 Å². The zero-order valence-corrected chi connectivity index (χ0v) is 15.5. The highest BCUT2D eigenvalue weighted by Crippen LogP contribution is 2.27. The third kappa shape index (κ3) is 4.13. The second kappa shape index (κ2) is 7.74. The van der Waals surface area contributed by atoms with E-state index in [1.165, 1.54) is 17.4 Å². The van der Waals surface area contributed by atoms with Gasteiger partial charge in [0, 0.05) is 23.2 Å². The van der Waals surface area contributed by atoms with E-state index in [4.69, 9.17) is 28.9 Å². The number of nitrogens with zero attached hydrogens (tertiary/aromatic N) is 1. The minimum Gasteiger partial charge on any atom is -0.364 e. The molecule has 0 saturated heterocycles. The Bertz CT molecular complexity index is 1010.